The molecule has 0 fully saturated rings. The van der Waals surface area contributed by atoms with E-state index in [9.17, 15) is 14.4 Å². The molecule has 0 atom stereocenters. The van der Waals surface area contributed by atoms with E-state index in [4.69, 9.17) is 19.7 Å². The van der Waals surface area contributed by atoms with Gasteiger partial charge in [0.25, 0.3) is 5.56 Å². The van der Waals surface area contributed by atoms with Gasteiger partial charge in [0, 0.05) is 18.8 Å². The topological polar surface area (TPSA) is 115 Å². The Hall–Kier alpha value is -3.39. The second-order valence-electron chi connectivity index (χ2n) is 5.91. The van der Waals surface area contributed by atoms with E-state index in [0.29, 0.717) is 17.0 Å². The summed E-state index contributed by atoms with van der Waals surface area (Å²) in [6, 6.07) is 8.09. The lowest BCUT2D eigenvalue weighted by Crippen LogP contribution is -2.26. The van der Waals surface area contributed by atoms with E-state index >= 15 is 0 Å². The van der Waals surface area contributed by atoms with Gasteiger partial charge in [-0.2, -0.15) is 0 Å². The van der Waals surface area contributed by atoms with Crippen molar-refractivity contribution in [1.82, 2.24) is 4.57 Å². The minimum atomic E-state index is -1.10. The Bertz CT molecular complexity index is 960. The molecule has 0 spiro atoms. The molecule has 8 heteroatoms. The summed E-state index contributed by atoms with van der Waals surface area (Å²) >= 11 is 0. The van der Waals surface area contributed by atoms with Gasteiger partial charge in [-0.15, -0.1) is 0 Å². The highest BCUT2D eigenvalue weighted by Gasteiger charge is 2.18. The first-order chi connectivity index (χ1) is 13.3. The van der Waals surface area contributed by atoms with Crippen molar-refractivity contribution >= 4 is 17.8 Å². The van der Waals surface area contributed by atoms with Crippen LogP contribution in [0.1, 0.15) is 21.6 Å². The van der Waals surface area contributed by atoms with Crippen LogP contribution in [-0.2, 0) is 11.8 Å². The Labute approximate surface area is 161 Å². The summed E-state index contributed by atoms with van der Waals surface area (Å²) in [6.07, 6.45) is 2.72. The molecule has 1 aromatic carbocycles. The molecule has 0 radical (unpaired) electrons. The van der Waals surface area contributed by atoms with Crippen LogP contribution in [-0.4, -0.2) is 46.4 Å². The lowest BCUT2D eigenvalue weighted by atomic mass is 10.1. The Morgan fingerprint density at radius 1 is 1.21 bits per heavy atom. The lowest BCUT2D eigenvalue weighted by Gasteiger charge is -2.12. The van der Waals surface area contributed by atoms with Crippen LogP contribution in [0.4, 0.5) is 0 Å². The summed E-state index contributed by atoms with van der Waals surface area (Å²) < 4.78 is 11.8. The largest absolute Gasteiger partial charge is 0.490 e. The van der Waals surface area contributed by atoms with Gasteiger partial charge in [0.1, 0.15) is 23.7 Å². The molecule has 1 aromatic heterocycles. The number of carboxylic acids is 1. The molecule has 0 aliphatic heterocycles. The van der Waals surface area contributed by atoms with Gasteiger partial charge < -0.3 is 24.3 Å². The smallest absolute Gasteiger partial charge is 0.341 e. The van der Waals surface area contributed by atoms with E-state index in [0.717, 1.165) is 0 Å². The average molecular weight is 387 g/mol. The molecular weight excluding hydrogens is 366 g/mol. The maximum Gasteiger partial charge on any atom is 0.341 e. The Morgan fingerprint density at radius 3 is 2.64 bits per heavy atom. The van der Waals surface area contributed by atoms with Crippen LogP contribution in [0.25, 0.3) is 6.08 Å². The first-order valence-electron chi connectivity index (χ1n) is 8.45. The molecule has 0 bridgehead atoms. The van der Waals surface area contributed by atoms with E-state index in [1.165, 1.54) is 16.7 Å². The number of carboxylic acid groups (broad SMARTS) is 1. The molecule has 2 rings (SSSR count). The third kappa shape index (κ3) is 5.31. The minimum Gasteiger partial charge on any atom is -0.490 e. The predicted molar refractivity (Wildman–Crippen MR) is 102 cm³/mol. The fraction of sp³-hybridized carbons (Fsp3) is 0.250. The third-order valence-corrected chi connectivity index (χ3v) is 3.88. The number of ether oxygens (including phenoxy) is 2. The molecule has 2 N–H and O–H groups in total. The van der Waals surface area contributed by atoms with Crippen molar-refractivity contribution in [3.05, 3.63) is 63.6 Å². The number of hydrogen-bond acceptors (Lipinski definition) is 6. The summed E-state index contributed by atoms with van der Waals surface area (Å²) in [6.45, 7) is 0.942. The zero-order valence-corrected chi connectivity index (χ0v) is 15.5. The van der Waals surface area contributed by atoms with Crippen LogP contribution in [0.15, 0.2) is 41.2 Å². The van der Waals surface area contributed by atoms with Crippen LogP contribution < -0.4 is 15.0 Å². The maximum atomic E-state index is 12.6. The molecule has 0 aliphatic carbocycles. The number of rotatable bonds is 9. The van der Waals surface area contributed by atoms with E-state index < -0.39 is 23.9 Å². The molecule has 0 saturated heterocycles. The Balaban J connectivity index is 2.29. The number of ketones is 1. The average Bonchev–Trinajstić information content (AvgIpc) is 2.67. The zero-order valence-electron chi connectivity index (χ0n) is 15.5. The van der Waals surface area contributed by atoms with Gasteiger partial charge in [0.15, 0.2) is 12.4 Å². The van der Waals surface area contributed by atoms with Gasteiger partial charge >= 0.3 is 5.97 Å². The summed E-state index contributed by atoms with van der Waals surface area (Å²) in [4.78, 5) is 35.7. The monoisotopic (exact) mass is 387 g/mol. The number of aliphatic hydroxyl groups excluding tert-OH is 1. The van der Waals surface area contributed by atoms with E-state index in [1.807, 2.05) is 0 Å². The second-order valence-corrected chi connectivity index (χ2v) is 5.91. The van der Waals surface area contributed by atoms with Crippen molar-refractivity contribution in [3.63, 3.8) is 0 Å². The number of nitrogens with zero attached hydrogens (tertiary/aromatic N) is 1. The summed E-state index contributed by atoms with van der Waals surface area (Å²) in [5.74, 6) is -1.19. The highest BCUT2D eigenvalue weighted by Crippen LogP contribution is 2.19. The highest BCUT2D eigenvalue weighted by atomic mass is 16.5. The number of benzene rings is 1. The van der Waals surface area contributed by atoms with Gasteiger partial charge in [-0.1, -0.05) is 18.2 Å². The fourth-order valence-electron chi connectivity index (χ4n) is 2.40. The molecule has 0 amide bonds. The number of hydrogen-bond donors (Lipinski definition) is 2. The molecule has 1 heterocycles. The van der Waals surface area contributed by atoms with E-state index in [-0.39, 0.29) is 24.5 Å². The number of aliphatic hydroxyl groups is 1. The van der Waals surface area contributed by atoms with Gasteiger partial charge in [0.2, 0.25) is 0 Å². The van der Waals surface area contributed by atoms with E-state index in [2.05, 4.69) is 0 Å². The van der Waals surface area contributed by atoms with Crippen LogP contribution in [0.3, 0.4) is 0 Å². The number of pyridine rings is 1. The first-order valence-corrected chi connectivity index (χ1v) is 8.45. The lowest BCUT2D eigenvalue weighted by molar-refractivity contribution is -0.139. The van der Waals surface area contributed by atoms with Crippen LogP contribution in [0.5, 0.6) is 11.5 Å². The number of aryl methyl sites for hydroxylation is 1. The maximum absolute atomic E-state index is 12.6. The summed E-state index contributed by atoms with van der Waals surface area (Å²) in [7, 11) is 1.55. The highest BCUT2D eigenvalue weighted by molar-refractivity contribution is 6.08. The van der Waals surface area contributed by atoms with Crippen molar-refractivity contribution in [2.75, 3.05) is 19.8 Å². The van der Waals surface area contributed by atoms with Crippen molar-refractivity contribution < 1.29 is 29.3 Å². The van der Waals surface area contributed by atoms with Crippen LogP contribution >= 0.6 is 0 Å². The van der Waals surface area contributed by atoms with Gasteiger partial charge in [-0.3, -0.25) is 9.59 Å². The molecule has 148 valence electrons. The zero-order chi connectivity index (χ0) is 20.7. The number of carbonyl (C=O) groups is 2. The van der Waals surface area contributed by atoms with Crippen molar-refractivity contribution in [2.45, 2.75) is 6.92 Å². The molecule has 2 aromatic rings. The predicted octanol–water partition coefficient (Wildman–Crippen LogP) is 1.42. The van der Waals surface area contributed by atoms with Crippen LogP contribution in [0, 0.1) is 6.92 Å². The third-order valence-electron chi connectivity index (χ3n) is 3.88. The number of aromatic nitrogens is 1. The second kappa shape index (κ2) is 9.52. The van der Waals surface area contributed by atoms with E-state index in [1.54, 1.807) is 44.3 Å². The molecule has 28 heavy (non-hydrogen) atoms. The van der Waals surface area contributed by atoms with Gasteiger partial charge in [-0.25, -0.2) is 4.79 Å². The summed E-state index contributed by atoms with van der Waals surface area (Å²) in [5.41, 5.74) is 0.581. The molecule has 0 unspecified atom stereocenters. The van der Waals surface area contributed by atoms with Crippen molar-refractivity contribution in [1.29, 1.82) is 0 Å². The SMILES string of the molecule is Cc1cc(OCCO)c(C(=O)/C=C/c2cccc(OCC(=O)O)c2)c(=O)n1C. The standard InChI is InChI=1S/C20H21NO7/c1-13-10-17(27-9-8-22)19(20(26)21(13)2)16(23)7-6-14-4-3-5-15(11-14)28-12-18(24)25/h3-7,10-11,22H,8-9,12H2,1-2H3,(H,24,25)/b7-6+. The minimum absolute atomic E-state index is 0.0421. The number of carbonyl (C=O) groups excluding carboxylic acids is 1. The fourth-order valence-corrected chi connectivity index (χ4v) is 2.40. The van der Waals surface area contributed by atoms with Crippen LogP contribution in [0.2, 0.25) is 0 Å². The Kier molecular flexibility index (Phi) is 7.11. The Morgan fingerprint density at radius 2 is 1.96 bits per heavy atom. The van der Waals surface area contributed by atoms with Gasteiger partial charge in [-0.05, 0) is 30.7 Å². The summed E-state index contributed by atoms with van der Waals surface area (Å²) in [5, 5.41) is 17.6. The molecule has 0 aliphatic rings. The van der Waals surface area contributed by atoms with Crippen molar-refractivity contribution in [3.8, 4) is 11.5 Å². The quantitative estimate of drug-likeness (QED) is 0.494. The molecular formula is C20H21NO7. The normalized spacial score (nSPS) is 10.8. The molecule has 0 saturated carbocycles. The number of allylic oxidation sites excluding steroid dienone is 1. The van der Waals surface area contributed by atoms with Gasteiger partial charge in [0.05, 0.1) is 6.61 Å². The van der Waals surface area contributed by atoms with Crippen molar-refractivity contribution in [2.24, 2.45) is 7.05 Å². The number of aliphatic carboxylic acids is 1. The first kappa shape index (κ1) is 20.9. The molecule has 8 nitrogen and oxygen atoms in total.